The zero-order valence-electron chi connectivity index (χ0n) is 9.06. The molecule has 1 aromatic heterocycles. The Morgan fingerprint density at radius 2 is 2.33 bits per heavy atom. The maximum absolute atomic E-state index is 11.6. The third-order valence-corrected chi connectivity index (χ3v) is 3.78. The molecule has 2 atom stereocenters. The van der Waals surface area contributed by atoms with Crippen LogP contribution in [0.1, 0.15) is 30.8 Å². The zero-order valence-corrected chi connectivity index (χ0v) is 9.88. The van der Waals surface area contributed by atoms with E-state index in [1.165, 1.54) is 6.26 Å². The molecular formula is C11H16O3S. The van der Waals surface area contributed by atoms with Gasteiger partial charge in [-0.05, 0) is 18.1 Å². The molecule has 0 radical (unpaired) electrons. The minimum atomic E-state index is -1.07. The maximum atomic E-state index is 11.6. The molecule has 1 heterocycles. The summed E-state index contributed by atoms with van der Waals surface area (Å²) < 4.78 is 16.5. The van der Waals surface area contributed by atoms with E-state index < -0.39 is 10.8 Å². The standard InChI is InChI=1S/C11H16O3S/c1-3-9(2)7-15(13)8-10(12)11-5-4-6-14-11/h4-6,9H,3,7-8H2,1-2H3. The van der Waals surface area contributed by atoms with Crippen LogP contribution in [0, 0.1) is 5.92 Å². The third-order valence-electron chi connectivity index (χ3n) is 2.26. The Labute approximate surface area is 92.3 Å². The Morgan fingerprint density at radius 1 is 1.60 bits per heavy atom. The number of carbonyl (C=O) groups excluding carboxylic acids is 1. The van der Waals surface area contributed by atoms with Gasteiger partial charge in [0.2, 0.25) is 5.78 Å². The van der Waals surface area contributed by atoms with Crippen molar-refractivity contribution in [2.45, 2.75) is 20.3 Å². The quantitative estimate of drug-likeness (QED) is 0.702. The number of Topliss-reactive ketones (excluding diaryl/α,β-unsaturated/α-hetero) is 1. The molecule has 0 fully saturated rings. The highest BCUT2D eigenvalue weighted by atomic mass is 32.2. The van der Waals surface area contributed by atoms with Crippen molar-refractivity contribution in [2.75, 3.05) is 11.5 Å². The van der Waals surface area contributed by atoms with Crippen molar-refractivity contribution in [3.8, 4) is 0 Å². The van der Waals surface area contributed by atoms with E-state index in [0.29, 0.717) is 17.4 Å². The summed E-state index contributed by atoms with van der Waals surface area (Å²) in [5, 5.41) is 0. The van der Waals surface area contributed by atoms with Gasteiger partial charge in [0, 0.05) is 16.6 Å². The molecule has 84 valence electrons. The lowest BCUT2D eigenvalue weighted by Crippen LogP contribution is -2.16. The predicted molar refractivity (Wildman–Crippen MR) is 60.4 cm³/mol. The topological polar surface area (TPSA) is 47.3 Å². The molecule has 1 rings (SSSR count). The Kier molecular flexibility index (Phi) is 4.75. The van der Waals surface area contributed by atoms with Crippen LogP contribution < -0.4 is 0 Å². The molecular weight excluding hydrogens is 212 g/mol. The van der Waals surface area contributed by atoms with Crippen molar-refractivity contribution in [3.63, 3.8) is 0 Å². The van der Waals surface area contributed by atoms with Crippen molar-refractivity contribution in [1.29, 1.82) is 0 Å². The number of furan rings is 1. The lowest BCUT2D eigenvalue weighted by atomic mass is 10.2. The Bertz CT molecular complexity index is 330. The Balaban J connectivity index is 2.42. The van der Waals surface area contributed by atoms with Crippen LogP contribution >= 0.6 is 0 Å². The molecule has 0 bridgehead atoms. The summed E-state index contributed by atoms with van der Waals surface area (Å²) in [4.78, 5) is 11.5. The van der Waals surface area contributed by atoms with Crippen molar-refractivity contribution in [3.05, 3.63) is 24.2 Å². The summed E-state index contributed by atoms with van der Waals surface area (Å²) in [5.74, 6) is 1.17. The average molecular weight is 228 g/mol. The highest BCUT2D eigenvalue weighted by Gasteiger charge is 2.14. The van der Waals surface area contributed by atoms with Crippen LogP contribution in [0.15, 0.2) is 22.8 Å². The van der Waals surface area contributed by atoms with Gasteiger partial charge in [-0.1, -0.05) is 20.3 Å². The van der Waals surface area contributed by atoms with E-state index in [1.54, 1.807) is 12.1 Å². The maximum Gasteiger partial charge on any atom is 0.210 e. The second kappa shape index (κ2) is 5.85. The molecule has 0 N–H and O–H groups in total. The second-order valence-electron chi connectivity index (χ2n) is 3.66. The van der Waals surface area contributed by atoms with E-state index in [2.05, 4.69) is 6.92 Å². The van der Waals surface area contributed by atoms with Gasteiger partial charge in [-0.25, -0.2) is 0 Å². The number of hydrogen-bond acceptors (Lipinski definition) is 3. The monoisotopic (exact) mass is 228 g/mol. The number of carbonyl (C=O) groups is 1. The highest BCUT2D eigenvalue weighted by molar-refractivity contribution is 7.85. The molecule has 2 unspecified atom stereocenters. The van der Waals surface area contributed by atoms with Gasteiger partial charge in [0.15, 0.2) is 5.76 Å². The van der Waals surface area contributed by atoms with Crippen molar-refractivity contribution in [2.24, 2.45) is 5.92 Å². The fourth-order valence-electron chi connectivity index (χ4n) is 1.15. The zero-order chi connectivity index (χ0) is 11.3. The van der Waals surface area contributed by atoms with Crippen LogP contribution in [0.2, 0.25) is 0 Å². The van der Waals surface area contributed by atoms with Gasteiger partial charge in [0.25, 0.3) is 0 Å². The van der Waals surface area contributed by atoms with Gasteiger partial charge >= 0.3 is 0 Å². The fraction of sp³-hybridized carbons (Fsp3) is 0.545. The highest BCUT2D eigenvalue weighted by Crippen LogP contribution is 2.06. The summed E-state index contributed by atoms with van der Waals surface area (Å²) in [5.41, 5.74) is 0. The molecule has 3 nitrogen and oxygen atoms in total. The lowest BCUT2D eigenvalue weighted by Gasteiger charge is -2.06. The molecule has 1 aromatic rings. The first kappa shape index (κ1) is 12.2. The van der Waals surface area contributed by atoms with Crippen LogP contribution in [-0.4, -0.2) is 21.5 Å². The van der Waals surface area contributed by atoms with Gasteiger partial charge in [-0.3, -0.25) is 9.00 Å². The largest absolute Gasteiger partial charge is 0.461 e. The number of rotatable bonds is 6. The SMILES string of the molecule is CCC(C)CS(=O)CC(=O)c1ccco1. The molecule has 15 heavy (non-hydrogen) atoms. The predicted octanol–water partition coefficient (Wildman–Crippen LogP) is 2.26. The molecule has 4 heteroatoms. The van der Waals surface area contributed by atoms with E-state index in [-0.39, 0.29) is 11.5 Å². The summed E-state index contributed by atoms with van der Waals surface area (Å²) in [6, 6.07) is 3.26. The molecule has 0 spiro atoms. The van der Waals surface area contributed by atoms with Crippen LogP contribution in [0.5, 0.6) is 0 Å². The minimum Gasteiger partial charge on any atom is -0.461 e. The molecule has 0 aliphatic heterocycles. The van der Waals surface area contributed by atoms with Gasteiger partial charge in [0.1, 0.15) is 0 Å². The smallest absolute Gasteiger partial charge is 0.210 e. The normalized spacial score (nSPS) is 14.8. The second-order valence-corrected chi connectivity index (χ2v) is 5.17. The molecule has 0 saturated carbocycles. The summed E-state index contributed by atoms with van der Waals surface area (Å²) >= 11 is 0. The van der Waals surface area contributed by atoms with Gasteiger partial charge in [-0.15, -0.1) is 0 Å². The lowest BCUT2D eigenvalue weighted by molar-refractivity contribution is 0.0991. The molecule has 0 saturated heterocycles. The molecule has 0 amide bonds. The first-order valence-electron chi connectivity index (χ1n) is 5.05. The number of hydrogen-bond donors (Lipinski definition) is 0. The molecule has 0 aliphatic carbocycles. The van der Waals surface area contributed by atoms with Crippen LogP contribution in [0.3, 0.4) is 0 Å². The van der Waals surface area contributed by atoms with Gasteiger partial charge in [-0.2, -0.15) is 0 Å². The van der Waals surface area contributed by atoms with E-state index >= 15 is 0 Å². The van der Waals surface area contributed by atoms with E-state index in [0.717, 1.165) is 6.42 Å². The fourth-order valence-corrected chi connectivity index (χ4v) is 2.57. The van der Waals surface area contributed by atoms with Crippen molar-refractivity contribution >= 4 is 16.6 Å². The van der Waals surface area contributed by atoms with Gasteiger partial charge < -0.3 is 4.42 Å². The third kappa shape index (κ3) is 4.00. The Hall–Kier alpha value is -0.900. The Morgan fingerprint density at radius 3 is 2.87 bits per heavy atom. The summed E-state index contributed by atoms with van der Waals surface area (Å²) in [6.45, 7) is 4.09. The van der Waals surface area contributed by atoms with E-state index in [1.807, 2.05) is 6.92 Å². The molecule has 0 aromatic carbocycles. The number of ketones is 1. The van der Waals surface area contributed by atoms with Gasteiger partial charge in [0.05, 0.1) is 12.0 Å². The first-order valence-corrected chi connectivity index (χ1v) is 6.54. The van der Waals surface area contributed by atoms with E-state index in [9.17, 15) is 9.00 Å². The van der Waals surface area contributed by atoms with Crippen LogP contribution in [0.25, 0.3) is 0 Å². The van der Waals surface area contributed by atoms with Crippen LogP contribution in [0.4, 0.5) is 0 Å². The first-order chi connectivity index (χ1) is 7.13. The minimum absolute atomic E-state index is 0.0673. The molecule has 0 aliphatic rings. The summed E-state index contributed by atoms with van der Waals surface area (Å²) in [7, 11) is -1.07. The van der Waals surface area contributed by atoms with Crippen molar-refractivity contribution in [1.82, 2.24) is 0 Å². The van der Waals surface area contributed by atoms with E-state index in [4.69, 9.17) is 4.42 Å². The van der Waals surface area contributed by atoms with Crippen molar-refractivity contribution < 1.29 is 13.4 Å². The average Bonchev–Trinajstić information content (AvgIpc) is 2.70. The summed E-state index contributed by atoms with van der Waals surface area (Å²) in [6.07, 6.45) is 2.44. The van der Waals surface area contributed by atoms with Crippen LogP contribution in [-0.2, 0) is 10.8 Å².